The molecule has 0 amide bonds. The molecule has 7 heteroatoms. The van der Waals surface area contributed by atoms with Crippen molar-refractivity contribution in [2.24, 2.45) is 0 Å². The highest BCUT2D eigenvalue weighted by molar-refractivity contribution is 6.28. The lowest BCUT2D eigenvalue weighted by Crippen LogP contribution is -2.60. The molecule has 0 atom stereocenters. The van der Waals surface area contributed by atoms with Gasteiger partial charge in [-0.05, 0) is 66.0 Å². The largest absolute Gasteiger partial charge is 0.352 e. The zero-order valence-corrected chi connectivity index (χ0v) is 15.0. The second-order valence-corrected chi connectivity index (χ2v) is 8.03. The maximum atomic E-state index is 6.01. The van der Waals surface area contributed by atoms with Gasteiger partial charge in [0, 0.05) is 23.2 Å². The van der Waals surface area contributed by atoms with E-state index in [4.69, 9.17) is 11.6 Å². The van der Waals surface area contributed by atoms with E-state index in [1.807, 2.05) is 13.8 Å². The van der Waals surface area contributed by atoms with Crippen molar-refractivity contribution >= 4 is 23.5 Å². The summed E-state index contributed by atoms with van der Waals surface area (Å²) in [6.45, 7) is 12.9. The number of hydrogen-bond donors (Lipinski definition) is 3. The lowest BCUT2D eigenvalue weighted by atomic mass is 9.80. The molecule has 1 aliphatic heterocycles. The highest BCUT2D eigenvalue weighted by atomic mass is 35.5. The quantitative estimate of drug-likeness (QED) is 0.789. The summed E-state index contributed by atoms with van der Waals surface area (Å²) in [5.41, 5.74) is 0.129. The van der Waals surface area contributed by atoms with Crippen molar-refractivity contribution in [3.8, 4) is 0 Å². The Morgan fingerprint density at radius 1 is 1.05 bits per heavy atom. The number of nitrogens with zero attached hydrogens (tertiary/aromatic N) is 3. The highest BCUT2D eigenvalue weighted by Crippen LogP contribution is 2.30. The van der Waals surface area contributed by atoms with Crippen molar-refractivity contribution < 1.29 is 0 Å². The molecule has 1 aliphatic rings. The number of aromatic nitrogens is 3. The Labute approximate surface area is 137 Å². The molecule has 1 aromatic heterocycles. The monoisotopic (exact) mass is 326 g/mol. The average Bonchev–Trinajstić information content (AvgIpc) is 2.21. The van der Waals surface area contributed by atoms with E-state index in [1.54, 1.807) is 0 Å². The Morgan fingerprint density at radius 3 is 2.14 bits per heavy atom. The van der Waals surface area contributed by atoms with Gasteiger partial charge in [-0.15, -0.1) is 0 Å². The number of nitrogens with one attached hydrogen (secondary N) is 3. The van der Waals surface area contributed by atoms with Gasteiger partial charge in [0.2, 0.25) is 17.2 Å². The molecule has 0 aromatic carbocycles. The van der Waals surface area contributed by atoms with Crippen molar-refractivity contribution in [1.29, 1.82) is 0 Å². The van der Waals surface area contributed by atoms with Crippen LogP contribution in [0.5, 0.6) is 0 Å². The molecule has 1 fully saturated rings. The molecular formula is C15H27ClN6. The summed E-state index contributed by atoms with van der Waals surface area (Å²) in [7, 11) is 0. The smallest absolute Gasteiger partial charge is 0.229 e. The first-order chi connectivity index (χ1) is 10.0. The summed E-state index contributed by atoms with van der Waals surface area (Å²) in [5, 5.41) is 10.4. The molecule has 2 heterocycles. The molecular weight excluding hydrogens is 300 g/mol. The van der Waals surface area contributed by atoms with Crippen LogP contribution in [-0.4, -0.2) is 38.1 Å². The van der Waals surface area contributed by atoms with Gasteiger partial charge in [-0.2, -0.15) is 15.0 Å². The van der Waals surface area contributed by atoms with E-state index in [9.17, 15) is 0 Å². The molecule has 0 aliphatic carbocycles. The molecule has 2 rings (SSSR count). The predicted molar refractivity (Wildman–Crippen MR) is 91.5 cm³/mol. The fourth-order valence-electron chi connectivity index (χ4n) is 3.34. The summed E-state index contributed by atoms with van der Waals surface area (Å²) >= 11 is 6.01. The zero-order chi connectivity index (χ0) is 16.5. The molecule has 22 heavy (non-hydrogen) atoms. The van der Waals surface area contributed by atoms with Crippen LogP contribution < -0.4 is 16.0 Å². The molecule has 3 N–H and O–H groups in total. The number of anilines is 2. The molecule has 0 spiro atoms. The van der Waals surface area contributed by atoms with E-state index in [2.05, 4.69) is 58.6 Å². The number of rotatable bonds is 4. The topological polar surface area (TPSA) is 74.8 Å². The first kappa shape index (κ1) is 17.2. The second kappa shape index (κ2) is 6.16. The van der Waals surface area contributed by atoms with Gasteiger partial charge in [-0.1, -0.05) is 0 Å². The first-order valence-corrected chi connectivity index (χ1v) is 8.16. The Morgan fingerprint density at radius 2 is 1.59 bits per heavy atom. The lowest BCUT2D eigenvalue weighted by Gasteiger charge is -2.46. The van der Waals surface area contributed by atoms with E-state index in [-0.39, 0.29) is 28.4 Å². The Bertz CT molecular complexity index is 513. The van der Waals surface area contributed by atoms with E-state index >= 15 is 0 Å². The minimum atomic E-state index is 0.0647. The zero-order valence-electron chi connectivity index (χ0n) is 14.3. The van der Waals surface area contributed by atoms with Gasteiger partial charge in [0.1, 0.15) is 0 Å². The maximum absolute atomic E-state index is 6.01. The SMILES string of the molecule is CC(C)Nc1nc(Cl)nc(NC2CC(C)(C)NC(C)(C)C2)n1. The first-order valence-electron chi connectivity index (χ1n) is 7.79. The summed E-state index contributed by atoms with van der Waals surface area (Å²) in [5.74, 6) is 1.03. The van der Waals surface area contributed by atoms with Crippen LogP contribution in [0.25, 0.3) is 0 Å². The fraction of sp³-hybridized carbons (Fsp3) is 0.800. The predicted octanol–water partition coefficient (Wildman–Crippen LogP) is 3.07. The summed E-state index contributed by atoms with van der Waals surface area (Å²) in [4.78, 5) is 12.7. The van der Waals surface area contributed by atoms with Crippen LogP contribution >= 0.6 is 11.6 Å². The minimum absolute atomic E-state index is 0.0647. The van der Waals surface area contributed by atoms with Crippen LogP contribution in [-0.2, 0) is 0 Å². The van der Waals surface area contributed by atoms with Crippen LogP contribution in [0.1, 0.15) is 54.4 Å². The Kier molecular flexibility index (Phi) is 4.82. The van der Waals surface area contributed by atoms with Crippen molar-refractivity contribution in [1.82, 2.24) is 20.3 Å². The van der Waals surface area contributed by atoms with Crippen molar-refractivity contribution in [3.05, 3.63) is 5.28 Å². The molecule has 0 unspecified atom stereocenters. The Balaban J connectivity index is 2.14. The molecule has 124 valence electrons. The van der Waals surface area contributed by atoms with E-state index in [1.165, 1.54) is 0 Å². The molecule has 1 saturated heterocycles. The van der Waals surface area contributed by atoms with Crippen molar-refractivity contribution in [3.63, 3.8) is 0 Å². The van der Waals surface area contributed by atoms with Crippen molar-refractivity contribution in [2.75, 3.05) is 10.6 Å². The van der Waals surface area contributed by atoms with Gasteiger partial charge in [-0.3, -0.25) is 0 Å². The van der Waals surface area contributed by atoms with Crippen LogP contribution in [0, 0.1) is 0 Å². The average molecular weight is 327 g/mol. The van der Waals surface area contributed by atoms with Crippen LogP contribution in [0.3, 0.4) is 0 Å². The van der Waals surface area contributed by atoms with Gasteiger partial charge in [0.25, 0.3) is 0 Å². The van der Waals surface area contributed by atoms with E-state index in [0.717, 1.165) is 12.8 Å². The molecule has 6 nitrogen and oxygen atoms in total. The minimum Gasteiger partial charge on any atom is -0.352 e. The maximum Gasteiger partial charge on any atom is 0.229 e. The summed E-state index contributed by atoms with van der Waals surface area (Å²) < 4.78 is 0. The van der Waals surface area contributed by atoms with Crippen LogP contribution in [0.15, 0.2) is 0 Å². The van der Waals surface area contributed by atoms with Gasteiger partial charge in [0.15, 0.2) is 0 Å². The highest BCUT2D eigenvalue weighted by Gasteiger charge is 2.37. The molecule has 0 radical (unpaired) electrons. The third-order valence-electron chi connectivity index (χ3n) is 3.55. The third kappa shape index (κ3) is 4.95. The van der Waals surface area contributed by atoms with E-state index in [0.29, 0.717) is 11.9 Å². The van der Waals surface area contributed by atoms with Gasteiger partial charge >= 0.3 is 0 Å². The van der Waals surface area contributed by atoms with Gasteiger partial charge in [-0.25, -0.2) is 0 Å². The number of hydrogen-bond acceptors (Lipinski definition) is 6. The van der Waals surface area contributed by atoms with E-state index < -0.39 is 0 Å². The van der Waals surface area contributed by atoms with Crippen LogP contribution in [0.4, 0.5) is 11.9 Å². The summed E-state index contributed by atoms with van der Waals surface area (Å²) in [6.07, 6.45) is 1.99. The summed E-state index contributed by atoms with van der Waals surface area (Å²) in [6, 6.07) is 0.527. The normalized spacial score (nSPS) is 20.9. The molecule has 0 bridgehead atoms. The third-order valence-corrected chi connectivity index (χ3v) is 3.72. The Hall–Kier alpha value is -1.14. The van der Waals surface area contributed by atoms with Crippen LogP contribution in [0.2, 0.25) is 5.28 Å². The number of piperidine rings is 1. The standard InChI is InChI=1S/C15H27ClN6/c1-9(2)17-12-19-11(16)20-13(21-12)18-10-7-14(3,4)22-15(5,6)8-10/h9-10,22H,7-8H2,1-6H3,(H2,17,18,19,20,21). The fourth-order valence-corrected chi connectivity index (χ4v) is 3.50. The van der Waals surface area contributed by atoms with Gasteiger partial charge in [0.05, 0.1) is 0 Å². The molecule has 1 aromatic rings. The number of halogens is 1. The lowest BCUT2D eigenvalue weighted by molar-refractivity contribution is 0.170. The van der Waals surface area contributed by atoms with Gasteiger partial charge < -0.3 is 16.0 Å². The molecule has 0 saturated carbocycles. The van der Waals surface area contributed by atoms with Crippen molar-refractivity contribution in [2.45, 2.75) is 77.5 Å². The second-order valence-electron chi connectivity index (χ2n) is 7.69.